The Hall–Kier alpha value is -1.20. The zero-order valence-corrected chi connectivity index (χ0v) is 13.6. The Labute approximate surface area is 136 Å². The van der Waals surface area contributed by atoms with Crippen molar-refractivity contribution in [3.8, 4) is 0 Å². The molecule has 22 heavy (non-hydrogen) atoms. The third-order valence-corrected chi connectivity index (χ3v) is 5.06. The molecule has 1 aliphatic carbocycles. The van der Waals surface area contributed by atoms with E-state index in [-0.39, 0.29) is 22.8 Å². The number of piperidine rings is 1. The molecule has 5 nitrogen and oxygen atoms in total. The van der Waals surface area contributed by atoms with Crippen LogP contribution >= 0.6 is 11.6 Å². The van der Waals surface area contributed by atoms with Gasteiger partial charge in [0.15, 0.2) is 10.8 Å². The van der Waals surface area contributed by atoms with Gasteiger partial charge in [-0.3, -0.25) is 4.79 Å². The number of likely N-dealkylation sites (tertiary alicyclic amines) is 1. The van der Waals surface area contributed by atoms with E-state index in [9.17, 15) is 4.79 Å². The minimum Gasteiger partial charge on any atom is -0.348 e. The molecule has 0 atom stereocenters. The fraction of sp³-hybridized carbons (Fsp3) is 0.688. The van der Waals surface area contributed by atoms with E-state index in [4.69, 9.17) is 11.6 Å². The van der Waals surface area contributed by atoms with Gasteiger partial charge in [-0.1, -0.05) is 24.4 Å². The maximum atomic E-state index is 12.2. The Morgan fingerprint density at radius 2 is 1.86 bits per heavy atom. The van der Waals surface area contributed by atoms with Crippen molar-refractivity contribution in [1.82, 2.24) is 20.2 Å². The van der Waals surface area contributed by atoms with Crippen molar-refractivity contribution in [2.24, 2.45) is 5.92 Å². The summed E-state index contributed by atoms with van der Waals surface area (Å²) in [5, 5.41) is 3.20. The van der Waals surface area contributed by atoms with Gasteiger partial charge in [0.25, 0.3) is 5.91 Å². The molecule has 2 aliphatic rings. The molecule has 1 amide bonds. The van der Waals surface area contributed by atoms with Crippen molar-refractivity contribution >= 4 is 17.5 Å². The number of nitrogens with one attached hydrogen (secondary N) is 1. The predicted molar refractivity (Wildman–Crippen MR) is 85.9 cm³/mol. The van der Waals surface area contributed by atoms with E-state index in [1.54, 1.807) is 0 Å². The number of nitrogens with zero attached hydrogens (tertiary/aromatic N) is 3. The number of rotatable bonds is 4. The molecular formula is C16H23ClN4O. The lowest BCUT2D eigenvalue weighted by atomic mass is 10.0. The zero-order chi connectivity index (χ0) is 15.4. The van der Waals surface area contributed by atoms with E-state index in [1.807, 2.05) is 0 Å². The van der Waals surface area contributed by atoms with Crippen LogP contribution in [0.2, 0.25) is 5.15 Å². The summed E-state index contributed by atoms with van der Waals surface area (Å²) in [7, 11) is 0. The number of carbonyl (C=O) groups is 1. The summed E-state index contributed by atoms with van der Waals surface area (Å²) in [6.45, 7) is 3.36. The number of halogens is 1. The lowest BCUT2D eigenvalue weighted by molar-refractivity contribution is 0.0900. The van der Waals surface area contributed by atoms with Crippen LogP contribution < -0.4 is 5.32 Å². The maximum absolute atomic E-state index is 12.2. The van der Waals surface area contributed by atoms with Gasteiger partial charge < -0.3 is 10.2 Å². The molecule has 0 unspecified atom stereocenters. The highest BCUT2D eigenvalue weighted by molar-refractivity contribution is 6.32. The molecule has 3 rings (SSSR count). The first-order valence-corrected chi connectivity index (χ1v) is 8.60. The largest absolute Gasteiger partial charge is 0.348 e. The quantitative estimate of drug-likeness (QED) is 0.925. The standard InChI is InChI=1S/C16H23ClN4O/c17-15-14(18-7-8-19-15)16(22)20-13-5-9-21(10-6-13)11-12-3-1-2-4-12/h7-8,12-13H,1-6,9-11H2,(H,20,22). The molecule has 1 aliphatic heterocycles. The van der Waals surface area contributed by atoms with Crippen molar-refractivity contribution in [1.29, 1.82) is 0 Å². The Morgan fingerprint density at radius 3 is 2.55 bits per heavy atom. The zero-order valence-electron chi connectivity index (χ0n) is 12.8. The number of hydrogen-bond acceptors (Lipinski definition) is 4. The number of carbonyl (C=O) groups excluding carboxylic acids is 1. The van der Waals surface area contributed by atoms with Crippen LogP contribution in [0.25, 0.3) is 0 Å². The first-order valence-electron chi connectivity index (χ1n) is 8.22. The summed E-state index contributed by atoms with van der Waals surface area (Å²) in [6.07, 6.45) is 10.5. The molecule has 0 aromatic carbocycles. The number of aromatic nitrogens is 2. The first kappa shape index (κ1) is 15.7. The molecule has 0 radical (unpaired) electrons. The summed E-state index contributed by atoms with van der Waals surface area (Å²) in [4.78, 5) is 22.6. The van der Waals surface area contributed by atoms with E-state index >= 15 is 0 Å². The smallest absolute Gasteiger partial charge is 0.273 e. The van der Waals surface area contributed by atoms with Crippen molar-refractivity contribution in [3.05, 3.63) is 23.2 Å². The second-order valence-corrected chi connectivity index (χ2v) is 6.75. The number of amides is 1. The van der Waals surface area contributed by atoms with Crippen LogP contribution in [-0.2, 0) is 0 Å². The molecule has 120 valence electrons. The van der Waals surface area contributed by atoms with Crippen LogP contribution in [0, 0.1) is 5.92 Å². The molecule has 1 aromatic heterocycles. The van der Waals surface area contributed by atoms with Crippen LogP contribution in [-0.4, -0.2) is 46.5 Å². The molecule has 2 heterocycles. The SMILES string of the molecule is O=C(NC1CCN(CC2CCCC2)CC1)c1nccnc1Cl. The van der Waals surface area contributed by atoms with Crippen LogP contribution in [0.5, 0.6) is 0 Å². The molecule has 0 bridgehead atoms. The molecule has 1 saturated heterocycles. The molecule has 1 N–H and O–H groups in total. The van der Waals surface area contributed by atoms with Gasteiger partial charge in [0, 0.05) is 38.1 Å². The van der Waals surface area contributed by atoms with Gasteiger partial charge in [0.05, 0.1) is 0 Å². The highest BCUT2D eigenvalue weighted by Crippen LogP contribution is 2.26. The van der Waals surface area contributed by atoms with Gasteiger partial charge in [0.1, 0.15) is 0 Å². The van der Waals surface area contributed by atoms with Gasteiger partial charge in [-0.25, -0.2) is 9.97 Å². The average molecular weight is 323 g/mol. The minimum atomic E-state index is -0.215. The minimum absolute atomic E-state index is 0.165. The molecule has 6 heteroatoms. The van der Waals surface area contributed by atoms with Gasteiger partial charge in [-0.05, 0) is 31.6 Å². The molecule has 2 fully saturated rings. The third kappa shape index (κ3) is 3.96. The summed E-state index contributed by atoms with van der Waals surface area (Å²) in [6, 6.07) is 0.213. The van der Waals surface area contributed by atoms with E-state index in [0.717, 1.165) is 31.8 Å². The van der Waals surface area contributed by atoms with Crippen LogP contribution in [0.3, 0.4) is 0 Å². The lowest BCUT2D eigenvalue weighted by Gasteiger charge is -2.33. The van der Waals surface area contributed by atoms with Crippen molar-refractivity contribution < 1.29 is 4.79 Å². The fourth-order valence-corrected chi connectivity index (χ4v) is 3.74. The predicted octanol–water partition coefficient (Wildman–Crippen LogP) is 2.51. The van der Waals surface area contributed by atoms with Crippen molar-refractivity contribution in [2.75, 3.05) is 19.6 Å². The van der Waals surface area contributed by atoms with Crippen LogP contribution in [0.15, 0.2) is 12.4 Å². The average Bonchev–Trinajstić information content (AvgIpc) is 3.02. The lowest BCUT2D eigenvalue weighted by Crippen LogP contribution is -2.45. The van der Waals surface area contributed by atoms with Crippen LogP contribution in [0.4, 0.5) is 0 Å². The topological polar surface area (TPSA) is 58.1 Å². The fourth-order valence-electron chi connectivity index (χ4n) is 3.55. The van der Waals surface area contributed by atoms with Gasteiger partial charge in [0.2, 0.25) is 0 Å². The highest BCUT2D eigenvalue weighted by Gasteiger charge is 2.25. The number of hydrogen-bond donors (Lipinski definition) is 1. The summed E-state index contributed by atoms with van der Waals surface area (Å²) >= 11 is 5.91. The Kier molecular flexibility index (Phi) is 5.26. The van der Waals surface area contributed by atoms with Gasteiger partial charge >= 0.3 is 0 Å². The summed E-state index contributed by atoms with van der Waals surface area (Å²) < 4.78 is 0. The Bertz CT molecular complexity index is 511. The van der Waals surface area contributed by atoms with E-state index in [0.29, 0.717) is 0 Å². The van der Waals surface area contributed by atoms with E-state index in [2.05, 4.69) is 20.2 Å². The summed E-state index contributed by atoms with van der Waals surface area (Å²) in [5.74, 6) is 0.678. The maximum Gasteiger partial charge on any atom is 0.273 e. The van der Waals surface area contributed by atoms with E-state index in [1.165, 1.54) is 44.6 Å². The monoisotopic (exact) mass is 322 g/mol. The van der Waals surface area contributed by atoms with Gasteiger partial charge in [-0.15, -0.1) is 0 Å². The van der Waals surface area contributed by atoms with Crippen molar-refractivity contribution in [3.63, 3.8) is 0 Å². The molecule has 1 aromatic rings. The van der Waals surface area contributed by atoms with Crippen molar-refractivity contribution in [2.45, 2.75) is 44.6 Å². The van der Waals surface area contributed by atoms with E-state index < -0.39 is 0 Å². The Balaban J connectivity index is 1.45. The third-order valence-electron chi connectivity index (χ3n) is 4.78. The Morgan fingerprint density at radius 1 is 1.18 bits per heavy atom. The normalized spacial score (nSPS) is 21.1. The molecule has 1 saturated carbocycles. The highest BCUT2D eigenvalue weighted by atomic mass is 35.5. The second-order valence-electron chi connectivity index (χ2n) is 6.39. The van der Waals surface area contributed by atoms with Gasteiger partial charge in [-0.2, -0.15) is 0 Å². The molecule has 0 spiro atoms. The summed E-state index contributed by atoms with van der Waals surface area (Å²) in [5.41, 5.74) is 0.220. The molecular weight excluding hydrogens is 300 g/mol. The van der Waals surface area contributed by atoms with Crippen LogP contribution in [0.1, 0.15) is 49.0 Å². The second kappa shape index (κ2) is 7.38. The first-order chi connectivity index (χ1) is 10.7.